The second-order valence-electron chi connectivity index (χ2n) is 14.1. The number of benzene rings is 3. The van der Waals surface area contributed by atoms with Crippen molar-refractivity contribution in [3.8, 4) is 28.7 Å². The van der Waals surface area contributed by atoms with Crippen LogP contribution in [0.5, 0.6) is 28.7 Å². The molecule has 3 aromatic carbocycles. The summed E-state index contributed by atoms with van der Waals surface area (Å²) >= 11 is 0. The summed E-state index contributed by atoms with van der Waals surface area (Å²) in [6, 6.07) is 16.9. The molecule has 0 bridgehead atoms. The number of piperidine rings is 1. The van der Waals surface area contributed by atoms with Crippen LogP contribution in [0.4, 0.5) is 0 Å². The first-order valence-corrected chi connectivity index (χ1v) is 17.6. The number of ketones is 1. The predicted molar refractivity (Wildman–Crippen MR) is 184 cm³/mol. The molecule has 1 saturated heterocycles. The molecule has 2 aliphatic carbocycles. The number of Topliss-reactive ketones (excluding diaryl/α,β-unsaturated/α-hetero) is 1. The number of nitrogens with two attached hydrogens (primary N) is 1. The molecule has 0 aromatic heterocycles. The van der Waals surface area contributed by atoms with Crippen LogP contribution in [0.2, 0.25) is 0 Å². The van der Waals surface area contributed by atoms with Crippen molar-refractivity contribution >= 4 is 5.78 Å². The topological polar surface area (TPSA) is 154 Å². The Kier molecular flexibility index (Phi) is 10.8. The summed E-state index contributed by atoms with van der Waals surface area (Å²) in [5.41, 5.74) is 9.32. The quantitative estimate of drug-likeness (QED) is 0.101. The Bertz CT molecular complexity index is 1560. The normalized spacial score (nSPS) is 22.2. The second kappa shape index (κ2) is 15.2. The minimum absolute atomic E-state index is 0.00882. The van der Waals surface area contributed by atoms with Gasteiger partial charge < -0.3 is 35.2 Å². The Hall–Kier alpha value is -3.79. The minimum Gasteiger partial charge on any atom is -0.504 e. The van der Waals surface area contributed by atoms with Gasteiger partial charge in [0, 0.05) is 30.4 Å². The molecule has 1 spiro atoms. The second-order valence-corrected chi connectivity index (χ2v) is 14.1. The van der Waals surface area contributed by atoms with E-state index in [1.165, 1.54) is 24.5 Å². The van der Waals surface area contributed by atoms with Gasteiger partial charge in [-0.25, -0.2) is 0 Å². The number of carbonyl (C=O) groups is 1. The van der Waals surface area contributed by atoms with Crippen LogP contribution in [0.3, 0.4) is 0 Å². The lowest BCUT2D eigenvalue weighted by Gasteiger charge is -2.43. The van der Waals surface area contributed by atoms with E-state index in [1.54, 1.807) is 18.2 Å². The van der Waals surface area contributed by atoms with E-state index in [0.29, 0.717) is 25.0 Å². The number of hydrogen-bond acceptors (Lipinski definition) is 9. The molecule has 0 amide bonds. The highest BCUT2D eigenvalue weighted by Gasteiger charge is 2.45. The highest BCUT2D eigenvalue weighted by Crippen LogP contribution is 2.52. The third-order valence-corrected chi connectivity index (χ3v) is 11.0. The summed E-state index contributed by atoms with van der Waals surface area (Å²) in [7, 11) is 0. The first-order chi connectivity index (χ1) is 23.3. The first-order valence-electron chi connectivity index (χ1n) is 17.6. The van der Waals surface area contributed by atoms with Crippen LogP contribution in [-0.4, -0.2) is 58.2 Å². The largest absolute Gasteiger partial charge is 0.504 e. The van der Waals surface area contributed by atoms with E-state index in [2.05, 4.69) is 17.4 Å². The lowest BCUT2D eigenvalue weighted by Crippen LogP contribution is -2.51. The van der Waals surface area contributed by atoms with Gasteiger partial charge in [-0.1, -0.05) is 49.2 Å². The Morgan fingerprint density at radius 1 is 1.00 bits per heavy atom. The Morgan fingerprint density at radius 2 is 1.79 bits per heavy atom. The van der Waals surface area contributed by atoms with Crippen molar-refractivity contribution in [1.29, 1.82) is 0 Å². The first kappa shape index (κ1) is 34.1. The van der Waals surface area contributed by atoms with E-state index in [-0.39, 0.29) is 71.7 Å². The number of phenolic OH excluding ortho intramolecular Hbond substituents is 3. The lowest BCUT2D eigenvalue weighted by molar-refractivity contribution is -0.121. The van der Waals surface area contributed by atoms with E-state index in [4.69, 9.17) is 15.2 Å². The molecule has 6 rings (SSSR count). The molecule has 48 heavy (non-hydrogen) atoms. The van der Waals surface area contributed by atoms with Crippen LogP contribution in [0.15, 0.2) is 54.6 Å². The standard InChI is InChI=1S/C39H50N2O7/c40-24-47-35-19-26(9-13-33(35)44)8-11-28(42)20-29(43)21-31-27(18-25-6-2-1-3-7-25)10-12-30-32(31)22-34(45)37(46)38(30)48-36-14-17-41-23-39(36)15-4-5-16-39/h1-3,6-7,9,13,19,22,27,29,31,36,41,43-46H,4-5,8,10-12,14-18,20-21,23-24,40H2/t27-,29-,31-,36+/m0/s1. The Labute approximate surface area is 283 Å². The van der Waals surface area contributed by atoms with Gasteiger partial charge in [-0.15, -0.1) is 0 Å². The van der Waals surface area contributed by atoms with Crippen LogP contribution in [-0.2, 0) is 24.1 Å². The maximum absolute atomic E-state index is 13.1. The average molecular weight is 659 g/mol. The predicted octanol–water partition coefficient (Wildman–Crippen LogP) is 5.63. The molecule has 3 aliphatic rings. The minimum atomic E-state index is -0.880. The number of aryl methyl sites for hydroxylation is 1. The van der Waals surface area contributed by atoms with Gasteiger partial charge in [0.15, 0.2) is 23.0 Å². The van der Waals surface area contributed by atoms with E-state index < -0.39 is 6.10 Å². The number of hydrogen-bond donors (Lipinski definition) is 6. The van der Waals surface area contributed by atoms with Crippen LogP contribution in [0, 0.1) is 11.3 Å². The number of rotatable bonds is 13. The molecule has 0 unspecified atom stereocenters. The number of nitrogens with one attached hydrogen (secondary N) is 1. The van der Waals surface area contributed by atoms with Crippen molar-refractivity contribution in [3.63, 3.8) is 0 Å². The summed E-state index contributed by atoms with van der Waals surface area (Å²) in [4.78, 5) is 13.1. The molecule has 0 radical (unpaired) electrons. The van der Waals surface area contributed by atoms with Crippen LogP contribution >= 0.6 is 0 Å². The number of aromatic hydroxyl groups is 3. The van der Waals surface area contributed by atoms with Crippen molar-refractivity contribution in [2.45, 2.75) is 95.2 Å². The SMILES string of the molecule is NCOc1cc(CCC(=O)C[C@H](O)C[C@@H]2c3cc(O)c(O)c(O[C@@H]4CCNCC45CCCC5)c3CC[C@H]2Cc2ccccc2)ccc1O. The number of fused-ring (bicyclic) bond motifs is 1. The van der Waals surface area contributed by atoms with E-state index >= 15 is 0 Å². The van der Waals surface area contributed by atoms with Crippen LogP contribution in [0.1, 0.15) is 86.0 Å². The molecule has 9 heteroatoms. The van der Waals surface area contributed by atoms with Gasteiger partial charge >= 0.3 is 0 Å². The number of carbonyl (C=O) groups excluding carboxylic acids is 1. The zero-order chi connectivity index (χ0) is 33.7. The molecule has 2 fully saturated rings. The molecule has 7 N–H and O–H groups in total. The molecule has 1 saturated carbocycles. The fourth-order valence-electron chi connectivity index (χ4n) is 8.51. The number of phenols is 3. The zero-order valence-corrected chi connectivity index (χ0v) is 27.7. The highest BCUT2D eigenvalue weighted by atomic mass is 16.5. The third kappa shape index (κ3) is 7.59. The molecule has 1 aliphatic heterocycles. The van der Waals surface area contributed by atoms with E-state index in [0.717, 1.165) is 61.9 Å². The molecule has 258 valence electrons. The van der Waals surface area contributed by atoms with Crippen molar-refractivity contribution in [2.75, 3.05) is 19.8 Å². The van der Waals surface area contributed by atoms with Gasteiger partial charge in [0.05, 0.1) is 6.10 Å². The number of aliphatic hydroxyl groups excluding tert-OH is 1. The molecular formula is C39H50N2O7. The molecule has 3 aromatic rings. The Balaban J connectivity index is 1.22. The van der Waals surface area contributed by atoms with Gasteiger partial charge in [0.25, 0.3) is 0 Å². The zero-order valence-electron chi connectivity index (χ0n) is 27.7. The smallest absolute Gasteiger partial charge is 0.200 e. The number of aliphatic hydroxyl groups is 1. The van der Waals surface area contributed by atoms with E-state index in [1.807, 2.05) is 18.2 Å². The fraction of sp³-hybridized carbons (Fsp3) is 0.513. The maximum Gasteiger partial charge on any atom is 0.200 e. The third-order valence-electron chi connectivity index (χ3n) is 11.0. The summed E-state index contributed by atoms with van der Waals surface area (Å²) in [6.45, 7) is 1.68. The van der Waals surface area contributed by atoms with Gasteiger partial charge in [0.2, 0.25) is 5.75 Å². The molecular weight excluding hydrogens is 608 g/mol. The average Bonchev–Trinajstić information content (AvgIpc) is 3.55. The molecule has 9 nitrogen and oxygen atoms in total. The fourth-order valence-corrected chi connectivity index (χ4v) is 8.51. The summed E-state index contributed by atoms with van der Waals surface area (Å²) in [6.07, 6.45) is 7.81. The van der Waals surface area contributed by atoms with Gasteiger partial charge in [-0.05, 0) is 105 Å². The van der Waals surface area contributed by atoms with E-state index in [9.17, 15) is 25.2 Å². The van der Waals surface area contributed by atoms with Gasteiger partial charge in [-0.3, -0.25) is 10.5 Å². The lowest BCUT2D eigenvalue weighted by atomic mass is 9.69. The summed E-state index contributed by atoms with van der Waals surface area (Å²) < 4.78 is 12.0. The van der Waals surface area contributed by atoms with Gasteiger partial charge in [-0.2, -0.15) is 0 Å². The monoisotopic (exact) mass is 658 g/mol. The van der Waals surface area contributed by atoms with Crippen LogP contribution < -0.4 is 20.5 Å². The Morgan fingerprint density at radius 3 is 2.56 bits per heavy atom. The van der Waals surface area contributed by atoms with Crippen molar-refractivity contribution in [1.82, 2.24) is 5.32 Å². The maximum atomic E-state index is 13.1. The van der Waals surface area contributed by atoms with Crippen LogP contribution in [0.25, 0.3) is 0 Å². The summed E-state index contributed by atoms with van der Waals surface area (Å²) in [5, 5.41) is 47.2. The molecule has 1 heterocycles. The van der Waals surface area contributed by atoms with Gasteiger partial charge in [0.1, 0.15) is 18.6 Å². The molecule has 4 atom stereocenters. The van der Waals surface area contributed by atoms with Crippen molar-refractivity contribution in [3.05, 3.63) is 76.9 Å². The number of ether oxygens (including phenoxy) is 2. The van der Waals surface area contributed by atoms with Crippen molar-refractivity contribution in [2.24, 2.45) is 17.1 Å². The van der Waals surface area contributed by atoms with Crippen molar-refractivity contribution < 1.29 is 34.7 Å². The summed E-state index contributed by atoms with van der Waals surface area (Å²) in [5.74, 6) is 0.212. The highest BCUT2D eigenvalue weighted by molar-refractivity contribution is 5.79.